The van der Waals surface area contributed by atoms with Gasteiger partial charge in [-0.2, -0.15) is 0 Å². The fourth-order valence-corrected chi connectivity index (χ4v) is 4.58. The number of unbranched alkanes of at least 4 members (excludes halogenated alkanes) is 1. The number of aliphatic carboxylic acids is 1. The Kier molecular flexibility index (Phi) is 8.67. The lowest BCUT2D eigenvalue weighted by Crippen LogP contribution is -2.23. The lowest BCUT2D eigenvalue weighted by atomic mass is 10.0. The summed E-state index contributed by atoms with van der Waals surface area (Å²) in [7, 11) is 4.00. The molecule has 0 amide bonds. The highest BCUT2D eigenvalue weighted by Crippen LogP contribution is 2.34. The van der Waals surface area contributed by atoms with Gasteiger partial charge >= 0.3 is 0 Å². The molecule has 0 aliphatic rings. The summed E-state index contributed by atoms with van der Waals surface area (Å²) in [5.41, 5.74) is 3.14. The quantitative estimate of drug-likeness (QED) is 0.157. The highest BCUT2D eigenvalue weighted by atomic mass is 35.5. The molecule has 0 fully saturated rings. The van der Waals surface area contributed by atoms with E-state index in [1.54, 1.807) is 35.8 Å². The van der Waals surface area contributed by atoms with Crippen molar-refractivity contribution in [3.63, 3.8) is 0 Å². The van der Waals surface area contributed by atoms with E-state index >= 15 is 0 Å². The molecule has 11 heteroatoms. The van der Waals surface area contributed by atoms with E-state index in [9.17, 15) is 14.7 Å². The van der Waals surface area contributed by atoms with Crippen LogP contribution in [0.1, 0.15) is 33.6 Å². The molecular weight excluding hydrogens is 526 g/mol. The first-order chi connectivity index (χ1) is 18.2. The molecule has 0 bridgehead atoms. The van der Waals surface area contributed by atoms with Crippen LogP contribution in [-0.2, 0) is 4.79 Å². The number of hydrogen-bond acceptors (Lipinski definition) is 10. The average molecular weight is 551 g/mol. The van der Waals surface area contributed by atoms with E-state index in [2.05, 4.69) is 31.7 Å². The number of thiazole rings is 1. The number of hydrogen-bond donors (Lipinski definition) is 1. The van der Waals surface area contributed by atoms with E-state index in [4.69, 9.17) is 16.3 Å². The van der Waals surface area contributed by atoms with Gasteiger partial charge in [0, 0.05) is 40.0 Å². The van der Waals surface area contributed by atoms with Gasteiger partial charge in [0.2, 0.25) is 5.78 Å². The van der Waals surface area contributed by atoms with E-state index in [0.29, 0.717) is 45.2 Å². The van der Waals surface area contributed by atoms with Crippen molar-refractivity contribution in [2.24, 2.45) is 0 Å². The zero-order valence-corrected chi connectivity index (χ0v) is 22.4. The minimum atomic E-state index is -1.40. The zero-order valence-electron chi connectivity index (χ0n) is 20.9. The topological polar surface area (TPSA) is 120 Å². The number of carboxylic acids is 1. The minimum absolute atomic E-state index is 0.209. The Morgan fingerprint density at radius 1 is 1.16 bits per heavy atom. The van der Waals surface area contributed by atoms with Gasteiger partial charge in [-0.25, -0.2) is 9.97 Å². The number of nitrogens with zero attached hydrogens (tertiary/aromatic N) is 4. The molecular formula is C27H25ClN5O4S-. The summed E-state index contributed by atoms with van der Waals surface area (Å²) < 4.78 is 5.93. The normalized spacial score (nSPS) is 11.1. The first kappa shape index (κ1) is 27.2. The molecule has 0 unspecified atom stereocenters. The first-order valence-electron chi connectivity index (χ1n) is 11.7. The molecule has 2 heterocycles. The van der Waals surface area contributed by atoms with Crippen LogP contribution >= 0.6 is 22.9 Å². The molecule has 0 aliphatic carbocycles. The molecule has 2 aromatic carbocycles. The second kappa shape index (κ2) is 12.1. The molecule has 0 saturated carbocycles. The van der Waals surface area contributed by atoms with Gasteiger partial charge < -0.3 is 24.9 Å². The van der Waals surface area contributed by atoms with Crippen molar-refractivity contribution >= 4 is 62.7 Å². The number of nitrogens with one attached hydrogen (secondary N) is 1. The fraction of sp³-hybridized carbons (Fsp3) is 0.222. The molecule has 196 valence electrons. The average Bonchev–Trinajstić information content (AvgIpc) is 3.42. The predicted molar refractivity (Wildman–Crippen MR) is 147 cm³/mol. The van der Waals surface area contributed by atoms with Crippen LogP contribution in [0.5, 0.6) is 5.75 Å². The molecule has 1 N–H and O–H groups in total. The van der Waals surface area contributed by atoms with E-state index < -0.39 is 5.97 Å². The number of ketones is 1. The summed E-state index contributed by atoms with van der Waals surface area (Å²) in [5.74, 6) is -0.843. The standard InChI is InChI=1S/C27H26ClN5O4S/c1-16(27(35)36)19-11-20-22(12-23(19)37-9-5-4-8-33(2)3)30-14-31-26(20)32-17-6-7-18(21(28)10-17)25(34)24-13-29-15-38-24/h6-7,10-15H,1,4-5,8-9H2,2-3H3,(H,35,36)(H,30,31,32)/p-1. The highest BCUT2D eigenvalue weighted by molar-refractivity contribution is 7.12. The number of carboxylic acid groups (broad SMARTS) is 1. The number of carbonyl (C=O) groups excluding carboxylic acids is 2. The summed E-state index contributed by atoms with van der Waals surface area (Å²) in [6, 6.07) is 8.24. The van der Waals surface area contributed by atoms with Gasteiger partial charge in [-0.1, -0.05) is 18.2 Å². The second-order valence-electron chi connectivity index (χ2n) is 8.73. The van der Waals surface area contributed by atoms with Crippen molar-refractivity contribution in [3.8, 4) is 5.75 Å². The maximum Gasteiger partial charge on any atom is 0.206 e. The van der Waals surface area contributed by atoms with E-state index in [-0.39, 0.29) is 21.9 Å². The second-order valence-corrected chi connectivity index (χ2v) is 10.0. The Labute approximate surface area is 228 Å². The molecule has 0 atom stereocenters. The third-order valence-electron chi connectivity index (χ3n) is 5.70. The van der Waals surface area contributed by atoms with Crippen molar-refractivity contribution in [2.75, 3.05) is 32.6 Å². The maximum atomic E-state index is 12.7. The van der Waals surface area contributed by atoms with Crippen LogP contribution in [0.2, 0.25) is 5.02 Å². The number of anilines is 2. The van der Waals surface area contributed by atoms with E-state index in [1.807, 2.05) is 14.1 Å². The maximum absolute atomic E-state index is 12.7. The Morgan fingerprint density at radius 3 is 2.66 bits per heavy atom. The number of ether oxygens (including phenoxy) is 1. The smallest absolute Gasteiger partial charge is 0.206 e. The van der Waals surface area contributed by atoms with Crippen LogP contribution in [0.4, 0.5) is 11.5 Å². The summed E-state index contributed by atoms with van der Waals surface area (Å²) in [5, 5.41) is 15.7. The molecule has 2 aromatic heterocycles. The van der Waals surface area contributed by atoms with Gasteiger partial charge in [0.15, 0.2) is 0 Å². The fourth-order valence-electron chi connectivity index (χ4n) is 3.74. The SMILES string of the molecule is C=C(C(=O)[O-])c1cc2c(Nc3ccc(C(=O)c4cncs4)c(Cl)c3)ncnc2cc1OCCCCN(C)C. The number of fused-ring (bicyclic) bond motifs is 1. The van der Waals surface area contributed by atoms with Gasteiger partial charge in [0.05, 0.1) is 33.5 Å². The largest absolute Gasteiger partial charge is 0.545 e. The van der Waals surface area contributed by atoms with Crippen LogP contribution in [-0.4, -0.2) is 58.9 Å². The number of halogens is 1. The highest BCUT2D eigenvalue weighted by Gasteiger charge is 2.17. The van der Waals surface area contributed by atoms with Crippen LogP contribution in [0.15, 0.2) is 54.9 Å². The lowest BCUT2D eigenvalue weighted by Gasteiger charge is -2.17. The summed E-state index contributed by atoms with van der Waals surface area (Å²) in [6.45, 7) is 5.00. The van der Waals surface area contributed by atoms with Crippen molar-refractivity contribution in [2.45, 2.75) is 12.8 Å². The molecule has 0 spiro atoms. The third-order valence-corrected chi connectivity index (χ3v) is 6.78. The number of rotatable bonds is 12. The van der Waals surface area contributed by atoms with Crippen molar-refractivity contribution < 1.29 is 19.4 Å². The van der Waals surface area contributed by atoms with Crippen molar-refractivity contribution in [1.29, 1.82) is 0 Å². The van der Waals surface area contributed by atoms with Crippen LogP contribution < -0.4 is 15.2 Å². The molecule has 4 rings (SSSR count). The van der Waals surface area contributed by atoms with Crippen LogP contribution in [0, 0.1) is 0 Å². The van der Waals surface area contributed by atoms with E-state index in [1.165, 1.54) is 23.9 Å². The first-order valence-corrected chi connectivity index (χ1v) is 13.0. The number of benzene rings is 2. The van der Waals surface area contributed by atoms with E-state index in [0.717, 1.165) is 19.4 Å². The predicted octanol–water partition coefficient (Wildman–Crippen LogP) is 4.20. The molecule has 4 aromatic rings. The molecule has 9 nitrogen and oxygen atoms in total. The van der Waals surface area contributed by atoms with Crippen LogP contribution in [0.25, 0.3) is 16.5 Å². The molecule has 0 saturated heterocycles. The van der Waals surface area contributed by atoms with Gasteiger partial charge in [-0.15, -0.1) is 11.3 Å². The third kappa shape index (κ3) is 6.34. The molecule has 0 radical (unpaired) electrons. The summed E-state index contributed by atoms with van der Waals surface area (Å²) in [6.07, 6.45) is 4.63. The van der Waals surface area contributed by atoms with Gasteiger partial charge in [-0.05, 0) is 57.7 Å². The number of carbonyl (C=O) groups is 2. The Balaban J connectivity index is 1.62. The van der Waals surface area contributed by atoms with Gasteiger partial charge in [0.1, 0.15) is 17.9 Å². The van der Waals surface area contributed by atoms with Gasteiger partial charge in [0.25, 0.3) is 0 Å². The van der Waals surface area contributed by atoms with Crippen molar-refractivity contribution in [1.82, 2.24) is 19.9 Å². The van der Waals surface area contributed by atoms with Crippen molar-refractivity contribution in [3.05, 3.63) is 76.0 Å². The summed E-state index contributed by atoms with van der Waals surface area (Å²) >= 11 is 7.66. The van der Waals surface area contributed by atoms with Crippen LogP contribution in [0.3, 0.4) is 0 Å². The summed E-state index contributed by atoms with van der Waals surface area (Å²) in [4.78, 5) is 39.5. The monoisotopic (exact) mass is 550 g/mol. The molecule has 0 aliphatic heterocycles. The number of aromatic nitrogens is 3. The van der Waals surface area contributed by atoms with Gasteiger partial charge in [-0.3, -0.25) is 9.78 Å². The molecule has 38 heavy (non-hydrogen) atoms. The Hall–Kier alpha value is -3.86. The Morgan fingerprint density at radius 2 is 1.97 bits per heavy atom. The minimum Gasteiger partial charge on any atom is -0.545 e. The zero-order chi connectivity index (χ0) is 27.2. The lowest BCUT2D eigenvalue weighted by molar-refractivity contribution is -0.295. The Bertz CT molecular complexity index is 1490.